The molecule has 0 radical (unpaired) electrons. The van der Waals surface area contributed by atoms with Crippen LogP contribution in [0.3, 0.4) is 0 Å². The van der Waals surface area contributed by atoms with Gasteiger partial charge in [0.1, 0.15) is 12.4 Å². The summed E-state index contributed by atoms with van der Waals surface area (Å²) < 4.78 is 2.85. The van der Waals surface area contributed by atoms with Crippen LogP contribution >= 0.6 is 15.9 Å². The zero-order valence-corrected chi connectivity index (χ0v) is 20.7. The van der Waals surface area contributed by atoms with Gasteiger partial charge in [0.15, 0.2) is 0 Å². The Morgan fingerprint density at radius 1 is 1.03 bits per heavy atom. The highest BCUT2D eigenvalue weighted by Gasteiger charge is 2.25. The van der Waals surface area contributed by atoms with Crippen LogP contribution in [0.5, 0.6) is 0 Å². The number of hydrogen-bond acceptors (Lipinski definition) is 3. The monoisotopic (exact) mass is 498 g/mol. The second-order valence-corrected chi connectivity index (χ2v) is 9.02. The molecule has 0 saturated heterocycles. The normalized spacial score (nSPS) is 13.0. The molecule has 0 aliphatic rings. The van der Waals surface area contributed by atoms with E-state index in [1.165, 1.54) is 0 Å². The van der Waals surface area contributed by atoms with Gasteiger partial charge >= 0.3 is 0 Å². The minimum absolute atomic E-state index is 0.0670. The molecule has 6 nitrogen and oxygen atoms in total. The van der Waals surface area contributed by atoms with E-state index in [9.17, 15) is 9.59 Å². The lowest BCUT2D eigenvalue weighted by atomic mass is 10.1. The number of nitrogens with zero attached hydrogens (tertiary/aromatic N) is 3. The van der Waals surface area contributed by atoms with Crippen LogP contribution in [0.1, 0.15) is 56.7 Å². The number of benzene rings is 2. The first kappa shape index (κ1) is 24.0. The minimum Gasteiger partial charge on any atom is -0.345 e. The number of para-hydroxylation sites is 2. The maximum Gasteiger partial charge on any atom is 0.251 e. The number of rotatable bonds is 9. The number of amides is 2. The van der Waals surface area contributed by atoms with Gasteiger partial charge in [-0.05, 0) is 63.1 Å². The lowest BCUT2D eigenvalue weighted by molar-refractivity contribution is -0.136. The van der Waals surface area contributed by atoms with Crippen LogP contribution in [-0.4, -0.2) is 38.3 Å². The lowest BCUT2D eigenvalue weighted by Gasteiger charge is -2.34. The third-order valence-electron chi connectivity index (χ3n) is 5.96. The number of fused-ring (bicyclic) bond motifs is 1. The van der Waals surface area contributed by atoms with Gasteiger partial charge in [0.25, 0.3) is 5.91 Å². The Hall–Kier alpha value is -2.67. The number of aromatic nitrogens is 2. The van der Waals surface area contributed by atoms with Crippen molar-refractivity contribution in [2.45, 2.75) is 65.7 Å². The molecule has 32 heavy (non-hydrogen) atoms. The van der Waals surface area contributed by atoms with Crippen LogP contribution in [0, 0.1) is 0 Å². The Kier molecular flexibility index (Phi) is 8.07. The largest absolute Gasteiger partial charge is 0.345 e. The molecule has 3 aromatic rings. The third-order valence-corrected chi connectivity index (χ3v) is 6.49. The number of halogens is 1. The number of carbonyl (C=O) groups is 2. The summed E-state index contributed by atoms with van der Waals surface area (Å²) in [6.45, 7) is 8.82. The van der Waals surface area contributed by atoms with Crippen LogP contribution in [-0.2, 0) is 17.9 Å². The Bertz CT molecular complexity index is 1070. The first-order valence-electron chi connectivity index (χ1n) is 11.1. The van der Waals surface area contributed by atoms with E-state index < -0.39 is 0 Å². The second-order valence-electron chi connectivity index (χ2n) is 8.11. The maximum atomic E-state index is 13.4. The van der Waals surface area contributed by atoms with Gasteiger partial charge in [-0.3, -0.25) is 9.59 Å². The molecular weight excluding hydrogens is 468 g/mol. The Labute approximate surface area is 198 Å². The highest BCUT2D eigenvalue weighted by atomic mass is 79.9. The van der Waals surface area contributed by atoms with Crippen molar-refractivity contribution in [2.24, 2.45) is 0 Å². The van der Waals surface area contributed by atoms with Crippen LogP contribution in [0.2, 0.25) is 0 Å². The van der Waals surface area contributed by atoms with Crippen molar-refractivity contribution >= 4 is 38.8 Å². The number of imidazole rings is 1. The first-order chi connectivity index (χ1) is 15.3. The van der Waals surface area contributed by atoms with Crippen molar-refractivity contribution in [1.29, 1.82) is 0 Å². The van der Waals surface area contributed by atoms with E-state index in [1.54, 1.807) is 12.1 Å². The molecule has 0 bridgehead atoms. The maximum absolute atomic E-state index is 13.4. The van der Waals surface area contributed by atoms with Crippen LogP contribution < -0.4 is 5.32 Å². The summed E-state index contributed by atoms with van der Waals surface area (Å²) in [7, 11) is 0. The topological polar surface area (TPSA) is 67.2 Å². The number of carbonyl (C=O) groups excluding carboxylic acids is 2. The molecule has 1 N–H and O–H groups in total. The first-order valence-corrected chi connectivity index (χ1v) is 11.9. The molecule has 0 aliphatic heterocycles. The Balaban J connectivity index is 1.86. The molecule has 0 fully saturated rings. The zero-order valence-electron chi connectivity index (χ0n) is 19.1. The number of hydrogen-bond donors (Lipinski definition) is 1. The van der Waals surface area contributed by atoms with Gasteiger partial charge in [-0.25, -0.2) is 4.98 Å². The Morgan fingerprint density at radius 2 is 1.66 bits per heavy atom. The van der Waals surface area contributed by atoms with Gasteiger partial charge in [0.05, 0.1) is 17.6 Å². The zero-order chi connectivity index (χ0) is 23.3. The van der Waals surface area contributed by atoms with Crippen LogP contribution in [0.4, 0.5) is 0 Å². The van der Waals surface area contributed by atoms with E-state index in [4.69, 9.17) is 4.98 Å². The van der Waals surface area contributed by atoms with Crippen molar-refractivity contribution in [1.82, 2.24) is 19.8 Å². The van der Waals surface area contributed by atoms with Gasteiger partial charge in [0, 0.05) is 22.1 Å². The van der Waals surface area contributed by atoms with Gasteiger partial charge in [-0.1, -0.05) is 41.9 Å². The van der Waals surface area contributed by atoms with Crippen molar-refractivity contribution in [2.75, 3.05) is 0 Å². The molecule has 1 heterocycles. The van der Waals surface area contributed by atoms with E-state index in [0.29, 0.717) is 11.4 Å². The summed E-state index contributed by atoms with van der Waals surface area (Å²) >= 11 is 3.38. The molecular formula is C25H31BrN4O2. The molecule has 2 amide bonds. The van der Waals surface area contributed by atoms with Gasteiger partial charge < -0.3 is 14.8 Å². The van der Waals surface area contributed by atoms with Crippen molar-refractivity contribution in [3.8, 4) is 0 Å². The number of nitrogens with one attached hydrogen (secondary N) is 1. The fraction of sp³-hybridized carbons (Fsp3) is 0.400. The molecule has 1 aromatic heterocycles. The predicted octanol–water partition coefficient (Wildman–Crippen LogP) is 5.15. The van der Waals surface area contributed by atoms with Gasteiger partial charge in [0.2, 0.25) is 5.91 Å². The average molecular weight is 499 g/mol. The van der Waals surface area contributed by atoms with Gasteiger partial charge in [-0.15, -0.1) is 0 Å². The summed E-state index contributed by atoms with van der Waals surface area (Å²) in [4.78, 5) is 32.7. The molecule has 3 rings (SSSR count). The average Bonchev–Trinajstić information content (AvgIpc) is 3.15. The van der Waals surface area contributed by atoms with E-state index >= 15 is 0 Å². The molecule has 2 unspecified atom stereocenters. The molecule has 0 aliphatic carbocycles. The summed E-state index contributed by atoms with van der Waals surface area (Å²) in [6, 6.07) is 15.3. The fourth-order valence-corrected chi connectivity index (χ4v) is 4.10. The van der Waals surface area contributed by atoms with E-state index in [-0.39, 0.29) is 37.0 Å². The van der Waals surface area contributed by atoms with E-state index in [0.717, 1.165) is 28.3 Å². The highest BCUT2D eigenvalue weighted by molar-refractivity contribution is 9.10. The third kappa shape index (κ3) is 5.38. The van der Waals surface area contributed by atoms with Gasteiger partial charge in [-0.2, -0.15) is 0 Å². The summed E-state index contributed by atoms with van der Waals surface area (Å²) in [5.41, 5.74) is 2.28. The fourth-order valence-electron chi connectivity index (χ4n) is 3.84. The van der Waals surface area contributed by atoms with Crippen molar-refractivity contribution in [3.63, 3.8) is 0 Å². The van der Waals surface area contributed by atoms with E-state index in [2.05, 4.69) is 48.9 Å². The van der Waals surface area contributed by atoms with Crippen LogP contribution in [0.25, 0.3) is 11.0 Å². The predicted molar refractivity (Wildman–Crippen MR) is 131 cm³/mol. The summed E-state index contributed by atoms with van der Waals surface area (Å²) in [6.07, 6.45) is 1.80. The highest BCUT2D eigenvalue weighted by Crippen LogP contribution is 2.19. The molecule has 2 atom stereocenters. The molecule has 7 heteroatoms. The smallest absolute Gasteiger partial charge is 0.251 e. The standard InChI is InChI=1S/C25H31BrN4O2/c1-5-17(3)30(18(4)6-2)24(31)16-29-22-10-8-7-9-21(22)28-23(29)15-27-25(32)19-11-13-20(26)14-12-19/h7-14,17-18H,5-6,15-16H2,1-4H3,(H,27,32). The quantitative estimate of drug-likeness (QED) is 0.443. The minimum atomic E-state index is -0.178. The summed E-state index contributed by atoms with van der Waals surface area (Å²) in [5, 5.41) is 2.94. The SMILES string of the molecule is CCC(C)N(C(=O)Cn1c(CNC(=O)c2ccc(Br)cc2)nc2ccccc21)C(C)CC. The van der Waals surface area contributed by atoms with E-state index in [1.807, 2.05) is 45.9 Å². The molecule has 0 spiro atoms. The van der Waals surface area contributed by atoms with Crippen molar-refractivity contribution < 1.29 is 9.59 Å². The summed E-state index contributed by atoms with van der Waals surface area (Å²) in [5.74, 6) is 0.555. The second kappa shape index (κ2) is 10.8. The molecule has 2 aromatic carbocycles. The molecule has 0 saturated carbocycles. The molecule has 170 valence electrons. The Morgan fingerprint density at radius 3 is 2.28 bits per heavy atom. The van der Waals surface area contributed by atoms with Crippen molar-refractivity contribution in [3.05, 3.63) is 64.4 Å². The van der Waals surface area contributed by atoms with Crippen LogP contribution in [0.15, 0.2) is 53.0 Å². The lowest BCUT2D eigenvalue weighted by Crippen LogP contribution is -2.46.